The molecule has 1 saturated heterocycles. The molecule has 0 aromatic heterocycles. The van der Waals surface area contributed by atoms with Gasteiger partial charge in [0.1, 0.15) is 12.4 Å². The van der Waals surface area contributed by atoms with Crippen molar-refractivity contribution >= 4 is 5.91 Å². The van der Waals surface area contributed by atoms with Crippen LogP contribution in [0.25, 0.3) is 0 Å². The van der Waals surface area contributed by atoms with Crippen LogP contribution in [0.4, 0.5) is 0 Å². The van der Waals surface area contributed by atoms with Crippen LogP contribution >= 0.6 is 0 Å². The van der Waals surface area contributed by atoms with Gasteiger partial charge in [-0.1, -0.05) is 42.5 Å². The van der Waals surface area contributed by atoms with Gasteiger partial charge in [-0.2, -0.15) is 0 Å². The lowest BCUT2D eigenvalue weighted by Gasteiger charge is -2.32. The van der Waals surface area contributed by atoms with Gasteiger partial charge in [0, 0.05) is 12.5 Å². The third-order valence-corrected chi connectivity index (χ3v) is 5.58. The summed E-state index contributed by atoms with van der Waals surface area (Å²) in [6.07, 6.45) is 1.84. The van der Waals surface area contributed by atoms with E-state index in [4.69, 9.17) is 4.74 Å². The number of nitrogens with zero attached hydrogens (tertiary/aromatic N) is 1. The van der Waals surface area contributed by atoms with Crippen molar-refractivity contribution in [3.05, 3.63) is 65.2 Å². The molecular formula is C24H32N2O2. The van der Waals surface area contributed by atoms with E-state index in [-0.39, 0.29) is 17.9 Å². The number of hydrogen-bond acceptors (Lipinski definition) is 3. The molecule has 1 fully saturated rings. The van der Waals surface area contributed by atoms with E-state index >= 15 is 0 Å². The Bertz CT molecular complexity index is 782. The minimum absolute atomic E-state index is 0.00268. The van der Waals surface area contributed by atoms with E-state index in [1.165, 1.54) is 11.1 Å². The molecule has 2 aromatic rings. The van der Waals surface area contributed by atoms with E-state index in [2.05, 4.69) is 41.4 Å². The SMILES string of the molecule is Cc1ccccc1CN1CCC(C(=O)N[C@@H](C)COc2ccccc2C)CC1. The zero-order chi connectivity index (χ0) is 19.9. The fourth-order valence-electron chi connectivity index (χ4n) is 3.72. The summed E-state index contributed by atoms with van der Waals surface area (Å²) in [5.74, 6) is 1.15. The van der Waals surface area contributed by atoms with E-state index in [0.717, 1.165) is 43.8 Å². The van der Waals surface area contributed by atoms with Crippen LogP contribution in [0.3, 0.4) is 0 Å². The summed E-state index contributed by atoms with van der Waals surface area (Å²) in [5.41, 5.74) is 3.83. The van der Waals surface area contributed by atoms with Gasteiger partial charge in [-0.25, -0.2) is 0 Å². The van der Waals surface area contributed by atoms with Crippen molar-refractivity contribution in [2.24, 2.45) is 5.92 Å². The van der Waals surface area contributed by atoms with Crippen LogP contribution in [0.15, 0.2) is 48.5 Å². The van der Waals surface area contributed by atoms with Crippen molar-refractivity contribution in [3.8, 4) is 5.75 Å². The first-order chi connectivity index (χ1) is 13.5. The lowest BCUT2D eigenvalue weighted by molar-refractivity contribution is -0.127. The van der Waals surface area contributed by atoms with Crippen LogP contribution in [0, 0.1) is 19.8 Å². The molecule has 1 amide bonds. The van der Waals surface area contributed by atoms with Crippen LogP contribution in [-0.2, 0) is 11.3 Å². The molecule has 1 aliphatic heterocycles. The Morgan fingerprint density at radius 3 is 2.39 bits per heavy atom. The van der Waals surface area contributed by atoms with Crippen LogP contribution < -0.4 is 10.1 Å². The highest BCUT2D eigenvalue weighted by molar-refractivity contribution is 5.79. The maximum atomic E-state index is 12.6. The summed E-state index contributed by atoms with van der Waals surface area (Å²) >= 11 is 0. The number of rotatable bonds is 7. The van der Waals surface area contributed by atoms with Gasteiger partial charge in [-0.3, -0.25) is 9.69 Å². The molecule has 0 aliphatic carbocycles. The Balaban J connectivity index is 1.41. The zero-order valence-corrected chi connectivity index (χ0v) is 17.3. The van der Waals surface area contributed by atoms with E-state index < -0.39 is 0 Å². The molecule has 0 saturated carbocycles. The highest BCUT2D eigenvalue weighted by Crippen LogP contribution is 2.21. The van der Waals surface area contributed by atoms with Crippen LogP contribution in [0.5, 0.6) is 5.75 Å². The van der Waals surface area contributed by atoms with Gasteiger partial charge in [-0.05, 0) is 69.5 Å². The van der Waals surface area contributed by atoms with Crippen LogP contribution in [0.2, 0.25) is 0 Å². The van der Waals surface area contributed by atoms with E-state index in [9.17, 15) is 4.79 Å². The van der Waals surface area contributed by atoms with Crippen molar-refractivity contribution < 1.29 is 9.53 Å². The zero-order valence-electron chi connectivity index (χ0n) is 17.3. The molecule has 1 aliphatic rings. The molecule has 4 nitrogen and oxygen atoms in total. The number of para-hydroxylation sites is 1. The molecule has 3 rings (SSSR count). The third-order valence-electron chi connectivity index (χ3n) is 5.58. The van der Waals surface area contributed by atoms with Crippen LogP contribution in [0.1, 0.15) is 36.5 Å². The Morgan fingerprint density at radius 2 is 1.71 bits per heavy atom. The van der Waals surface area contributed by atoms with Crippen LogP contribution in [-0.4, -0.2) is 36.5 Å². The number of carbonyl (C=O) groups excluding carboxylic acids is 1. The molecule has 28 heavy (non-hydrogen) atoms. The lowest BCUT2D eigenvalue weighted by Crippen LogP contribution is -2.44. The molecule has 0 spiro atoms. The molecule has 1 N–H and O–H groups in total. The maximum Gasteiger partial charge on any atom is 0.223 e. The first-order valence-electron chi connectivity index (χ1n) is 10.3. The number of carbonyl (C=O) groups is 1. The summed E-state index contributed by atoms with van der Waals surface area (Å²) in [4.78, 5) is 15.1. The third kappa shape index (κ3) is 5.59. The molecule has 2 aromatic carbocycles. The second kappa shape index (κ2) is 9.74. The number of benzene rings is 2. The van der Waals surface area contributed by atoms with E-state index in [1.54, 1.807) is 0 Å². The van der Waals surface area contributed by atoms with Crippen molar-refractivity contribution in [2.45, 2.75) is 46.2 Å². The second-order valence-corrected chi connectivity index (χ2v) is 7.96. The molecule has 1 atom stereocenters. The standard InChI is InChI=1S/C24H32N2O2/c1-18-8-4-6-10-22(18)16-26-14-12-21(13-15-26)24(27)25-20(3)17-28-23-11-7-5-9-19(23)2/h4-11,20-21H,12-17H2,1-3H3,(H,25,27)/t20-/m0/s1. The molecule has 0 radical (unpaired) electrons. The first-order valence-corrected chi connectivity index (χ1v) is 10.3. The fourth-order valence-corrected chi connectivity index (χ4v) is 3.72. The minimum atomic E-state index is -0.00268. The van der Waals surface area contributed by atoms with Gasteiger partial charge < -0.3 is 10.1 Å². The average molecular weight is 381 g/mol. The van der Waals surface area contributed by atoms with Crippen molar-refractivity contribution in [2.75, 3.05) is 19.7 Å². The first kappa shape index (κ1) is 20.4. The molecule has 4 heteroatoms. The average Bonchev–Trinajstić information content (AvgIpc) is 2.69. The maximum absolute atomic E-state index is 12.6. The van der Waals surface area contributed by atoms with Gasteiger partial charge in [0.25, 0.3) is 0 Å². The number of amides is 1. The molecule has 150 valence electrons. The summed E-state index contributed by atoms with van der Waals surface area (Å²) in [5, 5.41) is 3.13. The topological polar surface area (TPSA) is 41.6 Å². The number of aryl methyl sites for hydroxylation is 2. The minimum Gasteiger partial charge on any atom is -0.491 e. The summed E-state index contributed by atoms with van der Waals surface area (Å²) in [6.45, 7) is 9.61. The Kier molecular flexibility index (Phi) is 7.10. The Morgan fingerprint density at radius 1 is 1.07 bits per heavy atom. The monoisotopic (exact) mass is 380 g/mol. The number of likely N-dealkylation sites (tertiary alicyclic amines) is 1. The smallest absolute Gasteiger partial charge is 0.223 e. The Labute approximate surface area is 168 Å². The molecule has 0 unspecified atom stereocenters. The van der Waals surface area contributed by atoms with E-state index in [0.29, 0.717) is 6.61 Å². The van der Waals surface area contributed by atoms with Gasteiger partial charge >= 0.3 is 0 Å². The summed E-state index contributed by atoms with van der Waals surface area (Å²) in [7, 11) is 0. The van der Waals surface area contributed by atoms with Gasteiger partial charge in [0.2, 0.25) is 5.91 Å². The highest BCUT2D eigenvalue weighted by atomic mass is 16.5. The summed E-state index contributed by atoms with van der Waals surface area (Å²) < 4.78 is 5.86. The molecular weight excluding hydrogens is 348 g/mol. The molecule has 1 heterocycles. The van der Waals surface area contributed by atoms with Crippen molar-refractivity contribution in [3.63, 3.8) is 0 Å². The van der Waals surface area contributed by atoms with Gasteiger partial charge in [-0.15, -0.1) is 0 Å². The largest absolute Gasteiger partial charge is 0.491 e. The number of piperidine rings is 1. The number of ether oxygens (including phenoxy) is 1. The fraction of sp³-hybridized carbons (Fsp3) is 0.458. The van der Waals surface area contributed by atoms with Gasteiger partial charge in [0.15, 0.2) is 0 Å². The lowest BCUT2D eigenvalue weighted by atomic mass is 9.95. The molecule has 0 bridgehead atoms. The van der Waals surface area contributed by atoms with Crippen molar-refractivity contribution in [1.82, 2.24) is 10.2 Å². The van der Waals surface area contributed by atoms with Crippen molar-refractivity contribution in [1.29, 1.82) is 0 Å². The Hall–Kier alpha value is -2.33. The quantitative estimate of drug-likeness (QED) is 0.786. The predicted octanol–water partition coefficient (Wildman–Crippen LogP) is 4.10. The summed E-state index contributed by atoms with van der Waals surface area (Å²) in [6, 6.07) is 16.5. The van der Waals surface area contributed by atoms with Gasteiger partial charge in [0.05, 0.1) is 6.04 Å². The van der Waals surface area contributed by atoms with E-state index in [1.807, 2.05) is 38.1 Å². The normalized spacial score (nSPS) is 16.5. The number of nitrogens with one attached hydrogen (secondary N) is 1. The highest BCUT2D eigenvalue weighted by Gasteiger charge is 2.26. The predicted molar refractivity (Wildman–Crippen MR) is 113 cm³/mol. The second-order valence-electron chi connectivity index (χ2n) is 7.96. The number of hydrogen-bond donors (Lipinski definition) is 1.